The average molecular weight is 380 g/mol. The fourth-order valence-electron chi connectivity index (χ4n) is 3.32. The summed E-state index contributed by atoms with van der Waals surface area (Å²) < 4.78 is 41.9. The van der Waals surface area contributed by atoms with Crippen molar-refractivity contribution in [3.05, 3.63) is 57.9 Å². The highest BCUT2D eigenvalue weighted by Crippen LogP contribution is 2.36. The lowest BCUT2D eigenvalue weighted by Crippen LogP contribution is -2.52. The van der Waals surface area contributed by atoms with Crippen LogP contribution in [0.3, 0.4) is 0 Å². The third kappa shape index (κ3) is 3.55. The molecule has 1 aliphatic rings. The fraction of sp³-hybridized carbons (Fsp3) is 0.333. The van der Waals surface area contributed by atoms with E-state index in [0.717, 1.165) is 4.57 Å². The number of alkyl halides is 3. The van der Waals surface area contributed by atoms with E-state index in [1.165, 1.54) is 0 Å². The Kier molecular flexibility index (Phi) is 4.97. The maximum atomic E-state index is 13.6. The monoisotopic (exact) mass is 380 g/mol. The van der Waals surface area contributed by atoms with E-state index in [0.29, 0.717) is 31.4 Å². The molecule has 1 amide bonds. The second-order valence-corrected chi connectivity index (χ2v) is 6.37. The number of piperazine rings is 1. The lowest BCUT2D eigenvalue weighted by atomic mass is 10.0. The first-order valence-electron chi connectivity index (χ1n) is 8.41. The van der Waals surface area contributed by atoms with Gasteiger partial charge in [0.05, 0.1) is 16.8 Å². The molecule has 1 aromatic heterocycles. The number of aromatic nitrogens is 1. The summed E-state index contributed by atoms with van der Waals surface area (Å²) in [4.78, 5) is 26.4. The Morgan fingerprint density at radius 2 is 1.93 bits per heavy atom. The number of carbonyl (C=O) groups excluding carboxylic acids is 1. The van der Waals surface area contributed by atoms with E-state index in [1.807, 2.05) is 0 Å². The zero-order valence-corrected chi connectivity index (χ0v) is 14.6. The molecule has 3 rings (SSSR count). The molecule has 1 aromatic carbocycles. The van der Waals surface area contributed by atoms with E-state index < -0.39 is 28.8 Å². The largest absolute Gasteiger partial charge is 0.417 e. The summed E-state index contributed by atoms with van der Waals surface area (Å²) in [6, 6.07) is 8.42. The molecule has 1 atom stereocenters. The van der Waals surface area contributed by atoms with Gasteiger partial charge in [-0.05, 0) is 19.1 Å². The molecule has 2 aromatic rings. The van der Waals surface area contributed by atoms with Gasteiger partial charge in [-0.25, -0.2) is 0 Å². The van der Waals surface area contributed by atoms with Crippen LogP contribution in [0.25, 0.3) is 5.69 Å². The highest BCUT2D eigenvalue weighted by molar-refractivity contribution is 6.00. The number of rotatable bonds is 3. The van der Waals surface area contributed by atoms with Crippen molar-refractivity contribution >= 4 is 11.7 Å². The van der Waals surface area contributed by atoms with Crippen molar-refractivity contribution in [3.8, 4) is 5.69 Å². The van der Waals surface area contributed by atoms with Crippen LogP contribution in [0.4, 0.5) is 19.0 Å². The molecule has 1 aliphatic heterocycles. The number of hydrogen-bond acceptors (Lipinski definition) is 4. The lowest BCUT2D eigenvalue weighted by Gasteiger charge is -2.38. The summed E-state index contributed by atoms with van der Waals surface area (Å²) >= 11 is 0. The topological polar surface area (TPSA) is 80.4 Å². The van der Waals surface area contributed by atoms with Gasteiger partial charge in [-0.2, -0.15) is 13.2 Å². The van der Waals surface area contributed by atoms with E-state index in [1.54, 1.807) is 42.2 Å². The molecule has 6 nitrogen and oxygen atoms in total. The van der Waals surface area contributed by atoms with Crippen LogP contribution in [0.2, 0.25) is 0 Å². The minimum absolute atomic E-state index is 0.123. The number of primary amides is 1. The van der Waals surface area contributed by atoms with Gasteiger partial charge in [0.2, 0.25) is 0 Å². The van der Waals surface area contributed by atoms with Gasteiger partial charge < -0.3 is 16.0 Å². The molecule has 0 bridgehead atoms. The molecule has 27 heavy (non-hydrogen) atoms. The third-order valence-corrected chi connectivity index (χ3v) is 4.53. The Morgan fingerprint density at radius 1 is 1.26 bits per heavy atom. The Bertz CT molecular complexity index is 909. The normalized spacial score (nSPS) is 17.8. The van der Waals surface area contributed by atoms with Crippen LogP contribution in [-0.2, 0) is 6.18 Å². The number of carbonyl (C=O) groups is 1. The van der Waals surface area contributed by atoms with E-state index in [-0.39, 0.29) is 11.9 Å². The van der Waals surface area contributed by atoms with Gasteiger partial charge in [-0.15, -0.1) is 0 Å². The molecular formula is C18H19F3N4O2. The van der Waals surface area contributed by atoms with Crippen LogP contribution in [0, 0.1) is 0 Å². The SMILES string of the molecule is CC1CNCCN1c1c(C(N)=O)c(C(F)(F)F)cc(=O)n1-c1ccccc1. The first-order chi connectivity index (χ1) is 12.7. The molecule has 3 N–H and O–H groups in total. The maximum absolute atomic E-state index is 13.6. The van der Waals surface area contributed by atoms with Crippen molar-refractivity contribution in [3.63, 3.8) is 0 Å². The van der Waals surface area contributed by atoms with E-state index >= 15 is 0 Å². The number of nitrogens with zero attached hydrogens (tertiary/aromatic N) is 2. The summed E-state index contributed by atoms with van der Waals surface area (Å²) in [7, 11) is 0. The van der Waals surface area contributed by atoms with E-state index in [4.69, 9.17) is 5.73 Å². The molecule has 1 saturated heterocycles. The number of para-hydroxylation sites is 1. The highest BCUT2D eigenvalue weighted by Gasteiger charge is 2.40. The van der Waals surface area contributed by atoms with Crippen LogP contribution in [0.15, 0.2) is 41.2 Å². The number of pyridine rings is 1. The Balaban J connectivity index is 2.42. The quantitative estimate of drug-likeness (QED) is 0.850. The molecule has 0 radical (unpaired) electrons. The first kappa shape index (κ1) is 19.0. The molecule has 0 spiro atoms. The molecule has 2 heterocycles. The van der Waals surface area contributed by atoms with Crippen molar-refractivity contribution in [1.29, 1.82) is 0 Å². The van der Waals surface area contributed by atoms with Crippen molar-refractivity contribution in [2.45, 2.75) is 19.1 Å². The summed E-state index contributed by atoms with van der Waals surface area (Å²) in [6.45, 7) is 3.13. The van der Waals surface area contributed by atoms with Crippen LogP contribution < -0.4 is 21.5 Å². The molecule has 0 saturated carbocycles. The zero-order chi connectivity index (χ0) is 19.8. The second-order valence-electron chi connectivity index (χ2n) is 6.37. The van der Waals surface area contributed by atoms with Gasteiger partial charge in [0.1, 0.15) is 5.82 Å². The molecule has 1 fully saturated rings. The van der Waals surface area contributed by atoms with Crippen LogP contribution >= 0.6 is 0 Å². The summed E-state index contributed by atoms with van der Waals surface area (Å²) in [5.74, 6) is -1.35. The number of hydrogen-bond donors (Lipinski definition) is 2. The van der Waals surface area contributed by atoms with Crippen molar-refractivity contribution in [2.75, 3.05) is 24.5 Å². The van der Waals surface area contributed by atoms with Crippen molar-refractivity contribution < 1.29 is 18.0 Å². The summed E-state index contributed by atoms with van der Waals surface area (Å²) in [5.41, 5.74) is 2.84. The summed E-state index contributed by atoms with van der Waals surface area (Å²) in [6.07, 6.45) is -4.88. The molecule has 0 aliphatic carbocycles. The average Bonchev–Trinajstić information content (AvgIpc) is 2.61. The van der Waals surface area contributed by atoms with Crippen molar-refractivity contribution in [1.82, 2.24) is 9.88 Å². The van der Waals surface area contributed by atoms with Gasteiger partial charge in [-0.3, -0.25) is 14.2 Å². The van der Waals surface area contributed by atoms with Crippen molar-refractivity contribution in [2.24, 2.45) is 5.73 Å². The van der Waals surface area contributed by atoms with E-state index in [2.05, 4.69) is 5.32 Å². The fourth-order valence-corrected chi connectivity index (χ4v) is 3.32. The third-order valence-electron chi connectivity index (χ3n) is 4.53. The molecule has 144 valence electrons. The van der Waals surface area contributed by atoms with Gasteiger partial charge in [0.25, 0.3) is 11.5 Å². The number of amides is 1. The number of halogens is 3. The van der Waals surface area contributed by atoms with Crippen LogP contribution in [-0.4, -0.2) is 36.2 Å². The minimum atomic E-state index is -4.88. The van der Waals surface area contributed by atoms with Gasteiger partial charge in [0, 0.05) is 31.7 Å². The smallest absolute Gasteiger partial charge is 0.365 e. The summed E-state index contributed by atoms with van der Waals surface area (Å²) in [5, 5.41) is 3.13. The zero-order valence-electron chi connectivity index (χ0n) is 14.6. The minimum Gasteiger partial charge on any atom is -0.365 e. The Labute approximate surface area is 153 Å². The number of benzene rings is 1. The van der Waals surface area contributed by atoms with Gasteiger partial charge in [0.15, 0.2) is 0 Å². The van der Waals surface area contributed by atoms with E-state index in [9.17, 15) is 22.8 Å². The predicted octanol–water partition coefficient (Wildman–Crippen LogP) is 1.75. The van der Waals surface area contributed by atoms with Crippen LogP contribution in [0.1, 0.15) is 22.8 Å². The maximum Gasteiger partial charge on any atom is 0.417 e. The lowest BCUT2D eigenvalue weighted by molar-refractivity contribution is -0.138. The number of nitrogens with two attached hydrogens (primary N) is 1. The molecule has 1 unspecified atom stereocenters. The molecule has 9 heteroatoms. The Morgan fingerprint density at radius 3 is 2.48 bits per heavy atom. The molecular weight excluding hydrogens is 361 g/mol. The standard InChI is InChI=1S/C18H19F3N4O2/c1-11-10-23-7-8-24(11)17-15(16(22)27)13(18(19,20)21)9-14(26)25(17)12-5-3-2-4-6-12/h2-6,9,11,23H,7-8,10H2,1H3,(H2,22,27). The second kappa shape index (κ2) is 7.07. The van der Waals surface area contributed by atoms with Gasteiger partial charge >= 0.3 is 6.18 Å². The van der Waals surface area contributed by atoms with Crippen LogP contribution in [0.5, 0.6) is 0 Å². The number of anilines is 1. The Hall–Kier alpha value is -2.81. The van der Waals surface area contributed by atoms with Gasteiger partial charge in [-0.1, -0.05) is 18.2 Å². The number of nitrogens with one attached hydrogen (secondary N) is 1. The highest BCUT2D eigenvalue weighted by atomic mass is 19.4. The predicted molar refractivity (Wildman–Crippen MR) is 95.2 cm³/mol. The first-order valence-corrected chi connectivity index (χ1v) is 8.41.